The number of thiophene rings is 1. The maximum Gasteiger partial charge on any atom is 0.419 e. The van der Waals surface area contributed by atoms with Crippen molar-refractivity contribution in [1.29, 1.82) is 0 Å². The molecule has 2 aromatic heterocycles. The number of carbonyl (C=O) groups is 2. The fraction of sp³-hybridized carbons (Fsp3) is 0.188. The van der Waals surface area contributed by atoms with Gasteiger partial charge >= 0.3 is 5.76 Å². The third-order valence-electron chi connectivity index (χ3n) is 3.76. The van der Waals surface area contributed by atoms with Crippen LogP contribution in [0.4, 0.5) is 5.69 Å². The minimum absolute atomic E-state index is 0.0561. The molecule has 0 unspecified atom stereocenters. The van der Waals surface area contributed by atoms with Gasteiger partial charge in [0.15, 0.2) is 5.58 Å². The first-order valence-electron chi connectivity index (χ1n) is 7.97. The van der Waals surface area contributed by atoms with Crippen LogP contribution < -0.4 is 16.6 Å². The van der Waals surface area contributed by atoms with Crippen molar-refractivity contribution in [2.45, 2.75) is 19.4 Å². The van der Waals surface area contributed by atoms with Crippen molar-refractivity contribution in [3.05, 3.63) is 59.7 Å². The number of rotatable bonds is 6. The Morgan fingerprint density at radius 3 is 2.71 bits per heavy atom. The molecule has 0 aliphatic carbocycles. The number of aromatic nitrogens is 1. The van der Waals surface area contributed by atoms with Crippen LogP contribution in [-0.4, -0.2) is 21.3 Å². The van der Waals surface area contributed by atoms with Gasteiger partial charge in [0, 0.05) is 19.0 Å². The number of halogens is 1. The maximum absolute atomic E-state index is 11.9. The molecule has 0 saturated carbocycles. The highest BCUT2D eigenvalue weighted by Gasteiger charge is 2.14. The number of hydrogen-bond donors (Lipinski definition) is 2. The molecule has 0 radical (unpaired) electrons. The summed E-state index contributed by atoms with van der Waals surface area (Å²) in [7, 11) is 0. The molecule has 28 heavy (non-hydrogen) atoms. The van der Waals surface area contributed by atoms with E-state index >= 15 is 0 Å². The van der Waals surface area contributed by atoms with Crippen LogP contribution in [0.15, 0.2) is 43.3 Å². The third-order valence-corrected chi connectivity index (χ3v) is 5.38. The van der Waals surface area contributed by atoms with Gasteiger partial charge in [0.05, 0.1) is 25.2 Å². The van der Waals surface area contributed by atoms with E-state index in [4.69, 9.17) is 4.42 Å². The molecule has 0 atom stereocenters. The number of oxazole rings is 1. The number of non-ortho nitro benzene ring substituents is 1. The number of nitrogens with zero attached hydrogens (tertiary/aromatic N) is 2. The molecule has 2 heterocycles. The predicted octanol–water partition coefficient (Wildman–Crippen LogP) is 2.57. The van der Waals surface area contributed by atoms with Gasteiger partial charge in [-0.3, -0.25) is 35.1 Å². The van der Waals surface area contributed by atoms with Crippen molar-refractivity contribution in [2.24, 2.45) is 0 Å². The number of aryl methyl sites for hydroxylation is 1. The molecule has 146 valence electrons. The van der Waals surface area contributed by atoms with Crippen LogP contribution in [-0.2, 0) is 11.3 Å². The number of nitrogens with one attached hydrogen (secondary N) is 2. The lowest BCUT2D eigenvalue weighted by Crippen LogP contribution is -2.41. The third kappa shape index (κ3) is 4.46. The first-order chi connectivity index (χ1) is 13.3. The molecule has 0 aliphatic rings. The first kappa shape index (κ1) is 19.8. The molecular weight excluding hydrogens is 456 g/mol. The molecule has 0 spiro atoms. The highest BCUT2D eigenvalue weighted by molar-refractivity contribution is 9.11. The van der Waals surface area contributed by atoms with E-state index in [1.807, 2.05) is 0 Å². The smallest absolute Gasteiger partial charge is 0.407 e. The van der Waals surface area contributed by atoms with Crippen LogP contribution in [0, 0.1) is 10.1 Å². The number of benzene rings is 1. The van der Waals surface area contributed by atoms with Crippen LogP contribution in [0.1, 0.15) is 22.5 Å². The number of hydrazine groups is 1. The van der Waals surface area contributed by atoms with Crippen LogP contribution in [0.2, 0.25) is 0 Å². The quantitative estimate of drug-likeness (QED) is 0.421. The molecule has 1 aromatic carbocycles. The number of hydrogen-bond acceptors (Lipinski definition) is 7. The summed E-state index contributed by atoms with van der Waals surface area (Å²) in [6.07, 6.45) is 0.359. The molecule has 2 N–H and O–H groups in total. The van der Waals surface area contributed by atoms with Crippen molar-refractivity contribution in [2.75, 3.05) is 0 Å². The van der Waals surface area contributed by atoms with Crippen molar-refractivity contribution in [3.63, 3.8) is 0 Å². The van der Waals surface area contributed by atoms with Crippen LogP contribution in [0.25, 0.3) is 11.1 Å². The zero-order valence-electron chi connectivity index (χ0n) is 14.1. The minimum Gasteiger partial charge on any atom is -0.407 e. The normalized spacial score (nSPS) is 10.8. The van der Waals surface area contributed by atoms with E-state index in [0.717, 1.165) is 3.79 Å². The van der Waals surface area contributed by atoms with E-state index in [9.17, 15) is 24.5 Å². The van der Waals surface area contributed by atoms with E-state index < -0.39 is 22.5 Å². The monoisotopic (exact) mass is 468 g/mol. The summed E-state index contributed by atoms with van der Waals surface area (Å²) in [6, 6.07) is 7.23. The van der Waals surface area contributed by atoms with Gasteiger partial charge in [0.2, 0.25) is 5.91 Å². The zero-order chi connectivity index (χ0) is 20.3. The Hall–Kier alpha value is -2.99. The molecule has 0 saturated heterocycles. The van der Waals surface area contributed by atoms with Gasteiger partial charge in [-0.2, -0.15) is 0 Å². The second-order valence-electron chi connectivity index (χ2n) is 5.64. The molecule has 2 amide bonds. The van der Waals surface area contributed by atoms with E-state index in [2.05, 4.69) is 26.8 Å². The van der Waals surface area contributed by atoms with Gasteiger partial charge in [0.1, 0.15) is 0 Å². The zero-order valence-corrected chi connectivity index (χ0v) is 16.5. The Balaban J connectivity index is 1.54. The molecule has 10 nitrogen and oxygen atoms in total. The van der Waals surface area contributed by atoms with E-state index in [1.165, 1.54) is 34.1 Å². The first-order valence-corrected chi connectivity index (χ1v) is 9.58. The molecule has 0 fully saturated rings. The number of nitro benzene ring substituents is 1. The van der Waals surface area contributed by atoms with Crippen molar-refractivity contribution < 1.29 is 18.9 Å². The van der Waals surface area contributed by atoms with E-state index in [-0.39, 0.29) is 24.2 Å². The lowest BCUT2D eigenvalue weighted by Gasteiger charge is -2.06. The number of fused-ring (bicyclic) bond motifs is 1. The second kappa shape index (κ2) is 8.35. The summed E-state index contributed by atoms with van der Waals surface area (Å²) in [4.78, 5) is 46.3. The molecule has 0 bridgehead atoms. The summed E-state index contributed by atoms with van der Waals surface area (Å²) >= 11 is 4.48. The van der Waals surface area contributed by atoms with Gasteiger partial charge in [-0.1, -0.05) is 0 Å². The Bertz CT molecular complexity index is 1120. The Morgan fingerprint density at radius 1 is 1.25 bits per heavy atom. The topological polar surface area (TPSA) is 136 Å². The molecular formula is C16H13BrN4O6S. The summed E-state index contributed by atoms with van der Waals surface area (Å²) in [6.45, 7) is 0.183. The Morgan fingerprint density at radius 2 is 2.04 bits per heavy atom. The van der Waals surface area contributed by atoms with Gasteiger partial charge in [-0.05, 0) is 40.5 Å². The molecule has 0 aliphatic heterocycles. The largest absolute Gasteiger partial charge is 0.419 e. The average molecular weight is 469 g/mol. The van der Waals surface area contributed by atoms with Gasteiger partial charge in [-0.15, -0.1) is 11.3 Å². The maximum atomic E-state index is 11.9. The van der Waals surface area contributed by atoms with Gasteiger partial charge in [0.25, 0.3) is 11.6 Å². The second-order valence-corrected chi connectivity index (χ2v) is 8.10. The molecule has 12 heteroatoms. The number of carbonyl (C=O) groups excluding carboxylic acids is 2. The lowest BCUT2D eigenvalue weighted by molar-refractivity contribution is -0.384. The fourth-order valence-corrected chi connectivity index (χ4v) is 3.75. The van der Waals surface area contributed by atoms with Gasteiger partial charge < -0.3 is 4.42 Å². The molecule has 3 rings (SSSR count). The Labute approximate surface area is 169 Å². The Kier molecular flexibility index (Phi) is 5.90. The standard InChI is InChI=1S/C16H13BrN4O6S/c17-13-6-5-12(28-13)15(23)19-18-14(22)2-1-7-20-10-4-3-9(21(25)26)8-11(10)27-16(20)24/h3-6,8H,1-2,7H2,(H,18,22)(H,19,23). The summed E-state index contributed by atoms with van der Waals surface area (Å²) in [5.74, 6) is -1.50. The van der Waals surface area contributed by atoms with Crippen LogP contribution >= 0.6 is 27.3 Å². The minimum atomic E-state index is -0.660. The van der Waals surface area contributed by atoms with Gasteiger partial charge in [-0.25, -0.2) is 4.79 Å². The van der Waals surface area contributed by atoms with Crippen molar-refractivity contribution >= 4 is 55.9 Å². The fourth-order valence-electron chi connectivity index (χ4n) is 2.46. The van der Waals surface area contributed by atoms with Crippen LogP contribution in [0.3, 0.4) is 0 Å². The highest BCUT2D eigenvalue weighted by atomic mass is 79.9. The SMILES string of the molecule is O=C(CCCn1c(=O)oc2cc([N+](=O)[O-])ccc21)NNC(=O)c1ccc(Br)s1. The highest BCUT2D eigenvalue weighted by Crippen LogP contribution is 2.22. The predicted molar refractivity (Wildman–Crippen MR) is 104 cm³/mol. The lowest BCUT2D eigenvalue weighted by atomic mass is 10.2. The number of amides is 2. The van der Waals surface area contributed by atoms with Crippen molar-refractivity contribution in [1.82, 2.24) is 15.4 Å². The molecule has 3 aromatic rings. The van der Waals surface area contributed by atoms with E-state index in [1.54, 1.807) is 12.1 Å². The summed E-state index contributed by atoms with van der Waals surface area (Å²) in [5.41, 5.74) is 4.96. The number of nitro groups is 1. The van der Waals surface area contributed by atoms with Crippen molar-refractivity contribution in [3.8, 4) is 0 Å². The van der Waals surface area contributed by atoms with E-state index in [0.29, 0.717) is 16.8 Å². The summed E-state index contributed by atoms with van der Waals surface area (Å²) in [5, 5.41) is 10.8. The summed E-state index contributed by atoms with van der Waals surface area (Å²) < 4.78 is 7.12. The van der Waals surface area contributed by atoms with Crippen LogP contribution in [0.5, 0.6) is 0 Å². The average Bonchev–Trinajstić information content (AvgIpc) is 3.22.